The lowest BCUT2D eigenvalue weighted by Gasteiger charge is -2.11. The van der Waals surface area contributed by atoms with Gasteiger partial charge in [-0.15, -0.1) is 0 Å². The van der Waals surface area contributed by atoms with Crippen LogP contribution >= 0.6 is 0 Å². The molecule has 0 radical (unpaired) electrons. The molecule has 1 N–H and O–H groups in total. The number of halogens is 2. The van der Waals surface area contributed by atoms with Gasteiger partial charge in [0.1, 0.15) is 17.3 Å². The molecular formula is C19H17F2N3O4S. The van der Waals surface area contributed by atoms with Crippen LogP contribution in [-0.4, -0.2) is 35.6 Å². The van der Waals surface area contributed by atoms with Crippen LogP contribution in [0, 0.1) is 11.6 Å². The molecule has 4 rings (SSSR count). The molecule has 1 amide bonds. The minimum Gasteiger partial charge on any atom is -0.463 e. The van der Waals surface area contributed by atoms with Gasteiger partial charge in [-0.1, -0.05) is 6.07 Å². The highest BCUT2D eigenvalue weighted by atomic mass is 32.2. The van der Waals surface area contributed by atoms with Crippen molar-refractivity contribution in [2.75, 3.05) is 11.5 Å². The van der Waals surface area contributed by atoms with E-state index in [2.05, 4.69) is 10.4 Å². The largest absolute Gasteiger partial charge is 0.463 e. The number of nitrogens with zero attached hydrogens (tertiary/aromatic N) is 2. The Morgan fingerprint density at radius 2 is 2.10 bits per heavy atom. The van der Waals surface area contributed by atoms with Crippen molar-refractivity contribution >= 4 is 15.7 Å². The third-order valence-corrected chi connectivity index (χ3v) is 6.50. The van der Waals surface area contributed by atoms with E-state index in [0.717, 1.165) is 12.1 Å². The van der Waals surface area contributed by atoms with Crippen LogP contribution < -0.4 is 5.32 Å². The van der Waals surface area contributed by atoms with Crippen LogP contribution in [0.3, 0.4) is 0 Å². The zero-order valence-corrected chi connectivity index (χ0v) is 16.0. The molecule has 2 aromatic heterocycles. The van der Waals surface area contributed by atoms with E-state index in [1.54, 1.807) is 12.1 Å². The standard InChI is InChI=1S/C19H17F2N3O4S/c20-13-4-3-12(15(21)8-13)10-22-19(25)16-9-17(18-2-1-6-28-18)24(23-16)14-5-7-29(26,27)11-14/h1-4,6,8-9,14H,5,7,10-11H2,(H,22,25). The molecule has 0 bridgehead atoms. The Hall–Kier alpha value is -3.01. The molecule has 1 fully saturated rings. The maximum atomic E-state index is 13.8. The smallest absolute Gasteiger partial charge is 0.272 e. The zero-order valence-electron chi connectivity index (χ0n) is 15.1. The zero-order chi connectivity index (χ0) is 20.6. The Balaban J connectivity index is 1.59. The van der Waals surface area contributed by atoms with E-state index in [1.807, 2.05) is 0 Å². The average molecular weight is 421 g/mol. The predicted molar refractivity (Wildman–Crippen MR) is 99.8 cm³/mol. The molecule has 0 aliphatic carbocycles. The van der Waals surface area contributed by atoms with E-state index in [4.69, 9.17) is 4.42 Å². The van der Waals surface area contributed by atoms with Gasteiger partial charge in [0.25, 0.3) is 5.91 Å². The number of carbonyl (C=O) groups excluding carboxylic acids is 1. The van der Waals surface area contributed by atoms with E-state index < -0.39 is 33.4 Å². The summed E-state index contributed by atoms with van der Waals surface area (Å²) in [4.78, 5) is 12.5. The second-order valence-electron chi connectivity index (χ2n) is 6.81. The quantitative estimate of drug-likeness (QED) is 0.684. The van der Waals surface area contributed by atoms with Crippen molar-refractivity contribution in [1.82, 2.24) is 15.1 Å². The van der Waals surface area contributed by atoms with E-state index in [1.165, 1.54) is 23.1 Å². The molecule has 0 saturated carbocycles. The minimum absolute atomic E-state index is 0.0446. The van der Waals surface area contributed by atoms with Gasteiger partial charge >= 0.3 is 0 Å². The Labute approximate surface area is 165 Å². The molecule has 1 unspecified atom stereocenters. The molecule has 1 aliphatic rings. The van der Waals surface area contributed by atoms with Crippen LogP contribution in [-0.2, 0) is 16.4 Å². The fraction of sp³-hybridized carbons (Fsp3) is 0.263. The predicted octanol–water partition coefficient (Wildman–Crippen LogP) is 2.71. The van der Waals surface area contributed by atoms with Crippen molar-refractivity contribution in [3.05, 3.63) is 65.6 Å². The summed E-state index contributed by atoms with van der Waals surface area (Å²) in [6.45, 7) is -0.147. The second kappa shape index (κ2) is 7.43. The highest BCUT2D eigenvalue weighted by molar-refractivity contribution is 7.91. The summed E-state index contributed by atoms with van der Waals surface area (Å²) in [7, 11) is -3.16. The van der Waals surface area contributed by atoms with Gasteiger partial charge in [-0.3, -0.25) is 9.48 Å². The van der Waals surface area contributed by atoms with E-state index in [-0.39, 0.29) is 29.3 Å². The lowest BCUT2D eigenvalue weighted by atomic mass is 10.2. The van der Waals surface area contributed by atoms with Gasteiger partial charge in [-0.05, 0) is 24.6 Å². The lowest BCUT2D eigenvalue weighted by Crippen LogP contribution is -2.24. The monoisotopic (exact) mass is 421 g/mol. The molecule has 3 heterocycles. The Morgan fingerprint density at radius 1 is 1.28 bits per heavy atom. The maximum Gasteiger partial charge on any atom is 0.272 e. The molecule has 3 aromatic rings. The summed E-state index contributed by atoms with van der Waals surface area (Å²) < 4.78 is 57.4. The fourth-order valence-corrected chi connectivity index (χ4v) is 4.98. The summed E-state index contributed by atoms with van der Waals surface area (Å²) in [5, 5.41) is 6.83. The van der Waals surface area contributed by atoms with Gasteiger partial charge in [0.05, 0.1) is 23.8 Å². The van der Waals surface area contributed by atoms with Gasteiger partial charge in [-0.2, -0.15) is 5.10 Å². The van der Waals surface area contributed by atoms with Crippen LogP contribution in [0.5, 0.6) is 0 Å². The van der Waals surface area contributed by atoms with Crippen LogP contribution in [0.4, 0.5) is 8.78 Å². The highest BCUT2D eigenvalue weighted by Gasteiger charge is 2.32. The van der Waals surface area contributed by atoms with Crippen LogP contribution in [0.1, 0.15) is 28.5 Å². The molecule has 1 aliphatic heterocycles. The number of nitrogens with one attached hydrogen (secondary N) is 1. The molecule has 1 atom stereocenters. The molecule has 152 valence electrons. The molecule has 29 heavy (non-hydrogen) atoms. The highest BCUT2D eigenvalue weighted by Crippen LogP contribution is 2.30. The van der Waals surface area contributed by atoms with Crippen molar-refractivity contribution in [2.24, 2.45) is 0 Å². The molecule has 10 heteroatoms. The van der Waals surface area contributed by atoms with Crippen molar-refractivity contribution in [2.45, 2.75) is 19.0 Å². The van der Waals surface area contributed by atoms with Gasteiger partial charge < -0.3 is 9.73 Å². The molecular weight excluding hydrogens is 404 g/mol. The summed E-state index contributed by atoms with van der Waals surface area (Å²) in [6, 6.07) is 7.56. The van der Waals surface area contributed by atoms with Gasteiger partial charge in [0.2, 0.25) is 0 Å². The first-order valence-corrected chi connectivity index (χ1v) is 10.7. The normalized spacial score (nSPS) is 18.1. The molecule has 1 saturated heterocycles. The number of amides is 1. The number of hydrogen-bond acceptors (Lipinski definition) is 5. The van der Waals surface area contributed by atoms with Crippen LogP contribution in [0.2, 0.25) is 0 Å². The van der Waals surface area contributed by atoms with Crippen molar-refractivity contribution in [3.63, 3.8) is 0 Å². The summed E-state index contributed by atoms with van der Waals surface area (Å²) in [5.41, 5.74) is 0.658. The number of hydrogen-bond donors (Lipinski definition) is 1. The lowest BCUT2D eigenvalue weighted by molar-refractivity contribution is 0.0944. The van der Waals surface area contributed by atoms with E-state index in [0.29, 0.717) is 17.9 Å². The first-order valence-electron chi connectivity index (χ1n) is 8.88. The van der Waals surface area contributed by atoms with Crippen LogP contribution in [0.15, 0.2) is 47.1 Å². The van der Waals surface area contributed by atoms with Gasteiger partial charge in [0, 0.05) is 24.2 Å². The van der Waals surface area contributed by atoms with Crippen molar-refractivity contribution in [3.8, 4) is 11.5 Å². The Kier molecular flexibility index (Phi) is 4.95. The number of rotatable bonds is 5. The fourth-order valence-electron chi connectivity index (χ4n) is 3.29. The summed E-state index contributed by atoms with van der Waals surface area (Å²) in [5.74, 6) is -1.59. The Morgan fingerprint density at radius 3 is 2.76 bits per heavy atom. The molecule has 0 spiro atoms. The first-order chi connectivity index (χ1) is 13.8. The number of benzene rings is 1. The van der Waals surface area contributed by atoms with Crippen LogP contribution in [0.25, 0.3) is 11.5 Å². The Bertz CT molecular complexity index is 1160. The second-order valence-corrected chi connectivity index (χ2v) is 9.04. The number of sulfone groups is 1. The van der Waals surface area contributed by atoms with Gasteiger partial charge in [-0.25, -0.2) is 17.2 Å². The third kappa shape index (κ3) is 4.07. The summed E-state index contributed by atoms with van der Waals surface area (Å²) in [6.07, 6.45) is 1.86. The summed E-state index contributed by atoms with van der Waals surface area (Å²) >= 11 is 0. The minimum atomic E-state index is -3.16. The van der Waals surface area contributed by atoms with Crippen molar-refractivity contribution in [1.29, 1.82) is 0 Å². The number of aromatic nitrogens is 2. The molecule has 7 nitrogen and oxygen atoms in total. The maximum absolute atomic E-state index is 13.8. The van der Waals surface area contributed by atoms with E-state index in [9.17, 15) is 22.0 Å². The van der Waals surface area contributed by atoms with Crippen molar-refractivity contribution < 1.29 is 26.4 Å². The SMILES string of the molecule is O=C(NCc1ccc(F)cc1F)c1cc(-c2ccco2)n(C2CCS(=O)(=O)C2)n1. The topological polar surface area (TPSA) is 94.2 Å². The first kappa shape index (κ1) is 19.3. The number of carbonyl (C=O) groups is 1. The molecule has 1 aromatic carbocycles. The average Bonchev–Trinajstić information content (AvgIpc) is 3.39. The number of furan rings is 1. The van der Waals surface area contributed by atoms with E-state index >= 15 is 0 Å². The van der Waals surface area contributed by atoms with Gasteiger partial charge in [0.15, 0.2) is 21.3 Å². The third-order valence-electron chi connectivity index (χ3n) is 4.75.